The Morgan fingerprint density at radius 1 is 1.38 bits per heavy atom. The Bertz CT molecular complexity index is 536. The second-order valence-corrected chi connectivity index (χ2v) is 5.80. The largest absolute Gasteiger partial charge is 0.478 e. The summed E-state index contributed by atoms with van der Waals surface area (Å²) >= 11 is 0. The van der Waals surface area contributed by atoms with Crippen molar-refractivity contribution >= 4 is 17.3 Å². The fourth-order valence-corrected chi connectivity index (χ4v) is 2.76. The predicted molar refractivity (Wildman–Crippen MR) is 79.7 cm³/mol. The molecule has 2 rings (SSSR count). The first-order valence-electron chi connectivity index (χ1n) is 7.23. The number of nitrogens with zero attached hydrogens (tertiary/aromatic N) is 1. The number of nitrogens with one attached hydrogen (secondary N) is 1. The highest BCUT2D eigenvalue weighted by Gasteiger charge is 2.20. The van der Waals surface area contributed by atoms with E-state index >= 15 is 0 Å². The van der Waals surface area contributed by atoms with Gasteiger partial charge in [-0.2, -0.15) is 0 Å². The Morgan fingerprint density at radius 3 is 2.62 bits per heavy atom. The molecule has 21 heavy (non-hydrogen) atoms. The lowest BCUT2D eigenvalue weighted by Gasteiger charge is -2.26. The maximum absolute atomic E-state index is 11.2. The monoisotopic (exact) mass is 292 g/mol. The number of carboxylic acid groups (broad SMARTS) is 1. The second-order valence-electron chi connectivity index (χ2n) is 5.80. The normalized spacial score (nSPS) is 21.8. The van der Waals surface area contributed by atoms with Crippen molar-refractivity contribution in [2.45, 2.75) is 32.6 Å². The molecule has 1 aromatic rings. The number of nitro benzene ring substituents is 1. The summed E-state index contributed by atoms with van der Waals surface area (Å²) in [6.07, 6.45) is 4.70. The Morgan fingerprint density at radius 2 is 2.05 bits per heavy atom. The van der Waals surface area contributed by atoms with E-state index in [1.807, 2.05) is 0 Å². The molecule has 6 nitrogen and oxygen atoms in total. The number of carbonyl (C=O) groups is 1. The van der Waals surface area contributed by atoms with Gasteiger partial charge in [-0.05, 0) is 30.7 Å². The van der Waals surface area contributed by atoms with Gasteiger partial charge < -0.3 is 10.4 Å². The van der Waals surface area contributed by atoms with Crippen molar-refractivity contribution in [2.24, 2.45) is 11.8 Å². The molecule has 1 fully saturated rings. The minimum atomic E-state index is -1.15. The van der Waals surface area contributed by atoms with Gasteiger partial charge in [0.1, 0.15) is 0 Å². The van der Waals surface area contributed by atoms with Crippen LogP contribution in [0, 0.1) is 22.0 Å². The van der Waals surface area contributed by atoms with Crippen LogP contribution in [0.5, 0.6) is 0 Å². The molecular formula is C15H20N2O4. The van der Waals surface area contributed by atoms with Gasteiger partial charge in [0.05, 0.1) is 10.5 Å². The van der Waals surface area contributed by atoms with Gasteiger partial charge in [0, 0.05) is 24.4 Å². The first-order valence-corrected chi connectivity index (χ1v) is 7.23. The average molecular weight is 292 g/mol. The zero-order chi connectivity index (χ0) is 15.4. The van der Waals surface area contributed by atoms with Crippen molar-refractivity contribution in [3.8, 4) is 0 Å². The highest BCUT2D eigenvalue weighted by atomic mass is 16.6. The minimum Gasteiger partial charge on any atom is -0.478 e. The minimum absolute atomic E-state index is 0.0478. The molecule has 0 aromatic heterocycles. The van der Waals surface area contributed by atoms with E-state index in [0.29, 0.717) is 18.2 Å². The molecule has 1 aliphatic rings. The molecular weight excluding hydrogens is 272 g/mol. The van der Waals surface area contributed by atoms with E-state index in [1.54, 1.807) is 0 Å². The summed E-state index contributed by atoms with van der Waals surface area (Å²) in [5, 5.41) is 23.0. The molecule has 0 amide bonds. The SMILES string of the molecule is CC1CCC(CNc2ccc([N+](=O)[O-])cc2C(=O)O)CC1. The molecule has 0 radical (unpaired) electrons. The molecule has 0 unspecified atom stereocenters. The number of benzene rings is 1. The summed E-state index contributed by atoms with van der Waals surface area (Å²) in [6.45, 7) is 2.97. The molecule has 0 spiro atoms. The summed E-state index contributed by atoms with van der Waals surface area (Å²) < 4.78 is 0. The topological polar surface area (TPSA) is 92.5 Å². The molecule has 1 aliphatic carbocycles. The van der Waals surface area contributed by atoms with Gasteiger partial charge in [-0.25, -0.2) is 4.79 Å². The van der Waals surface area contributed by atoms with Crippen molar-refractivity contribution in [3.05, 3.63) is 33.9 Å². The third-order valence-corrected chi connectivity index (χ3v) is 4.16. The molecule has 0 saturated heterocycles. The Labute approximate surface area is 123 Å². The van der Waals surface area contributed by atoms with Crippen molar-refractivity contribution in [1.29, 1.82) is 0 Å². The second kappa shape index (κ2) is 6.56. The third-order valence-electron chi connectivity index (χ3n) is 4.16. The molecule has 2 N–H and O–H groups in total. The lowest BCUT2D eigenvalue weighted by atomic mass is 9.83. The van der Waals surface area contributed by atoms with Gasteiger partial charge >= 0.3 is 5.97 Å². The van der Waals surface area contributed by atoms with Crippen molar-refractivity contribution in [1.82, 2.24) is 0 Å². The van der Waals surface area contributed by atoms with Crippen LogP contribution in [0.2, 0.25) is 0 Å². The first-order chi connectivity index (χ1) is 9.97. The van der Waals surface area contributed by atoms with Crippen LogP contribution in [-0.4, -0.2) is 22.5 Å². The molecule has 0 atom stereocenters. The van der Waals surface area contributed by atoms with Gasteiger partial charge in [-0.15, -0.1) is 0 Å². The average Bonchev–Trinajstić information content (AvgIpc) is 2.46. The number of rotatable bonds is 5. The van der Waals surface area contributed by atoms with Crippen LogP contribution >= 0.6 is 0 Å². The number of non-ortho nitro benzene ring substituents is 1. The molecule has 0 heterocycles. The van der Waals surface area contributed by atoms with Gasteiger partial charge in [0.15, 0.2) is 0 Å². The number of nitro groups is 1. The smallest absolute Gasteiger partial charge is 0.338 e. The predicted octanol–water partition coefficient (Wildman–Crippen LogP) is 3.53. The third kappa shape index (κ3) is 3.93. The summed E-state index contributed by atoms with van der Waals surface area (Å²) in [7, 11) is 0. The Hall–Kier alpha value is -2.11. The number of aromatic carboxylic acids is 1. The molecule has 0 bridgehead atoms. The van der Waals surface area contributed by atoms with Crippen molar-refractivity contribution in [2.75, 3.05) is 11.9 Å². The van der Waals surface area contributed by atoms with Crippen LogP contribution in [0.25, 0.3) is 0 Å². The number of carboxylic acids is 1. The standard InChI is InChI=1S/C15H20N2O4/c1-10-2-4-11(5-3-10)9-16-14-7-6-12(17(20)21)8-13(14)15(18)19/h6-8,10-11,16H,2-5,9H2,1H3,(H,18,19). The fourth-order valence-electron chi connectivity index (χ4n) is 2.76. The zero-order valence-corrected chi connectivity index (χ0v) is 12.0. The van der Waals surface area contributed by atoms with Crippen molar-refractivity contribution < 1.29 is 14.8 Å². The highest BCUT2D eigenvalue weighted by molar-refractivity contribution is 5.95. The van der Waals surface area contributed by atoms with Crippen LogP contribution in [0.15, 0.2) is 18.2 Å². The van der Waals surface area contributed by atoms with Crippen LogP contribution in [0.4, 0.5) is 11.4 Å². The van der Waals surface area contributed by atoms with Gasteiger partial charge in [-0.3, -0.25) is 10.1 Å². The maximum atomic E-state index is 11.2. The molecule has 6 heteroatoms. The van der Waals surface area contributed by atoms with E-state index < -0.39 is 10.9 Å². The number of anilines is 1. The fraction of sp³-hybridized carbons (Fsp3) is 0.533. The van der Waals surface area contributed by atoms with E-state index in [-0.39, 0.29) is 11.3 Å². The van der Waals surface area contributed by atoms with Crippen molar-refractivity contribution in [3.63, 3.8) is 0 Å². The summed E-state index contributed by atoms with van der Waals surface area (Å²) in [5.74, 6) is 0.159. The summed E-state index contributed by atoms with van der Waals surface area (Å²) in [5.41, 5.74) is 0.199. The Kier molecular flexibility index (Phi) is 4.77. The highest BCUT2D eigenvalue weighted by Crippen LogP contribution is 2.29. The van der Waals surface area contributed by atoms with Gasteiger partial charge in [-0.1, -0.05) is 19.8 Å². The number of hydrogen-bond donors (Lipinski definition) is 2. The zero-order valence-electron chi connectivity index (χ0n) is 12.0. The Balaban J connectivity index is 2.05. The van der Waals surface area contributed by atoms with E-state index in [4.69, 9.17) is 0 Å². The maximum Gasteiger partial charge on any atom is 0.338 e. The molecule has 0 aliphatic heterocycles. The quantitative estimate of drug-likeness (QED) is 0.639. The summed E-state index contributed by atoms with van der Waals surface area (Å²) in [4.78, 5) is 21.4. The molecule has 1 aromatic carbocycles. The van der Waals surface area contributed by atoms with Gasteiger partial charge in [0.2, 0.25) is 0 Å². The molecule has 1 saturated carbocycles. The van der Waals surface area contributed by atoms with Crippen LogP contribution in [-0.2, 0) is 0 Å². The lowest BCUT2D eigenvalue weighted by molar-refractivity contribution is -0.384. The van der Waals surface area contributed by atoms with E-state index in [2.05, 4.69) is 12.2 Å². The summed E-state index contributed by atoms with van der Waals surface area (Å²) in [6, 6.07) is 3.92. The van der Waals surface area contributed by atoms with Gasteiger partial charge in [0.25, 0.3) is 5.69 Å². The van der Waals surface area contributed by atoms with Crippen LogP contribution in [0.1, 0.15) is 43.0 Å². The van der Waals surface area contributed by atoms with E-state index in [0.717, 1.165) is 24.8 Å². The lowest BCUT2D eigenvalue weighted by Crippen LogP contribution is -2.21. The van der Waals surface area contributed by atoms with Crippen LogP contribution in [0.3, 0.4) is 0 Å². The van der Waals surface area contributed by atoms with E-state index in [9.17, 15) is 20.0 Å². The molecule has 114 valence electrons. The van der Waals surface area contributed by atoms with Crippen LogP contribution < -0.4 is 5.32 Å². The first kappa shape index (κ1) is 15.3. The van der Waals surface area contributed by atoms with E-state index in [1.165, 1.54) is 25.0 Å². The number of hydrogen-bond acceptors (Lipinski definition) is 4.